The Labute approximate surface area is 128 Å². The second kappa shape index (κ2) is 7.50. The van der Waals surface area contributed by atoms with Crippen molar-refractivity contribution in [3.05, 3.63) is 71.0 Å². The van der Waals surface area contributed by atoms with Gasteiger partial charge in [0.05, 0.1) is 12.2 Å². The van der Waals surface area contributed by atoms with E-state index in [1.807, 2.05) is 0 Å². The Morgan fingerprint density at radius 3 is 2.50 bits per heavy atom. The van der Waals surface area contributed by atoms with E-state index in [9.17, 15) is 14.0 Å². The Balaban J connectivity index is 2.03. The molecule has 0 saturated heterocycles. The fourth-order valence-corrected chi connectivity index (χ4v) is 2.13. The molecule has 0 atom stereocenters. The summed E-state index contributed by atoms with van der Waals surface area (Å²) in [5.74, 6) is -0.841. The van der Waals surface area contributed by atoms with Crippen LogP contribution in [0.5, 0.6) is 0 Å². The molecule has 0 amide bonds. The summed E-state index contributed by atoms with van der Waals surface area (Å²) in [6.07, 6.45) is 0.718. The van der Waals surface area contributed by atoms with Gasteiger partial charge < -0.3 is 4.74 Å². The number of carbonyl (C=O) groups excluding carboxylic acids is 2. The van der Waals surface area contributed by atoms with Crippen LogP contribution >= 0.6 is 0 Å². The molecular formula is C18H17FO3. The quantitative estimate of drug-likeness (QED) is 0.601. The van der Waals surface area contributed by atoms with Gasteiger partial charge in [-0.3, -0.25) is 4.79 Å². The third kappa shape index (κ3) is 4.25. The molecule has 4 heteroatoms. The maximum Gasteiger partial charge on any atom is 0.338 e. The van der Waals surface area contributed by atoms with Crippen molar-refractivity contribution in [2.24, 2.45) is 0 Å². The number of hydrogen-bond acceptors (Lipinski definition) is 3. The zero-order valence-corrected chi connectivity index (χ0v) is 12.3. The van der Waals surface area contributed by atoms with Crippen molar-refractivity contribution in [2.45, 2.75) is 19.8 Å². The normalized spacial score (nSPS) is 10.3. The molecule has 0 radical (unpaired) electrons. The number of benzene rings is 2. The summed E-state index contributed by atoms with van der Waals surface area (Å²) >= 11 is 0. The van der Waals surface area contributed by atoms with E-state index in [0.29, 0.717) is 17.5 Å². The summed E-state index contributed by atoms with van der Waals surface area (Å²) in [6.45, 7) is 2.02. The van der Waals surface area contributed by atoms with Crippen LogP contribution in [0.25, 0.3) is 0 Å². The van der Waals surface area contributed by atoms with Crippen molar-refractivity contribution in [3.63, 3.8) is 0 Å². The van der Waals surface area contributed by atoms with Gasteiger partial charge >= 0.3 is 5.97 Å². The molecule has 0 unspecified atom stereocenters. The fourth-order valence-electron chi connectivity index (χ4n) is 2.13. The summed E-state index contributed by atoms with van der Waals surface area (Å²) in [6, 6.07) is 12.7. The first-order chi connectivity index (χ1) is 10.6. The lowest BCUT2D eigenvalue weighted by atomic mass is 10.0. The maximum absolute atomic E-state index is 13.1. The maximum atomic E-state index is 13.1. The molecule has 2 aromatic rings. The first-order valence-corrected chi connectivity index (χ1v) is 7.15. The van der Waals surface area contributed by atoms with Gasteiger partial charge in [0.1, 0.15) is 5.82 Å². The number of rotatable bonds is 6. The van der Waals surface area contributed by atoms with Crippen LogP contribution in [0.2, 0.25) is 0 Å². The molecule has 0 saturated carbocycles. The summed E-state index contributed by atoms with van der Waals surface area (Å²) < 4.78 is 18.0. The highest BCUT2D eigenvalue weighted by Crippen LogP contribution is 2.12. The van der Waals surface area contributed by atoms with E-state index >= 15 is 0 Å². The molecule has 0 aromatic heterocycles. The van der Waals surface area contributed by atoms with Crippen LogP contribution in [0.15, 0.2) is 48.5 Å². The Kier molecular flexibility index (Phi) is 5.42. The lowest BCUT2D eigenvalue weighted by Gasteiger charge is -2.05. The molecule has 0 aliphatic carbocycles. The van der Waals surface area contributed by atoms with Gasteiger partial charge in [-0.1, -0.05) is 24.3 Å². The Morgan fingerprint density at radius 2 is 1.77 bits per heavy atom. The molecule has 0 bridgehead atoms. The average molecular weight is 300 g/mol. The number of ketones is 1. The number of halogens is 1. The van der Waals surface area contributed by atoms with Crippen LogP contribution in [-0.4, -0.2) is 18.4 Å². The van der Waals surface area contributed by atoms with Crippen molar-refractivity contribution >= 4 is 11.8 Å². The minimum Gasteiger partial charge on any atom is -0.462 e. The molecule has 0 heterocycles. The Morgan fingerprint density at radius 1 is 1.05 bits per heavy atom. The van der Waals surface area contributed by atoms with Crippen LogP contribution in [0.4, 0.5) is 4.39 Å². The molecule has 2 rings (SSSR count). The van der Waals surface area contributed by atoms with Gasteiger partial charge in [0, 0.05) is 12.0 Å². The lowest BCUT2D eigenvalue weighted by Crippen LogP contribution is -2.07. The third-order valence-corrected chi connectivity index (χ3v) is 3.23. The zero-order chi connectivity index (χ0) is 15.9. The molecule has 0 fully saturated rings. The first kappa shape index (κ1) is 15.9. The molecule has 0 aliphatic rings. The topological polar surface area (TPSA) is 43.4 Å². The van der Waals surface area contributed by atoms with Gasteiger partial charge in [-0.15, -0.1) is 0 Å². The molecule has 0 aliphatic heterocycles. The van der Waals surface area contributed by atoms with E-state index in [0.717, 1.165) is 5.56 Å². The number of carbonyl (C=O) groups is 2. The molecule has 0 N–H and O–H groups in total. The van der Waals surface area contributed by atoms with E-state index in [4.69, 9.17) is 4.74 Å². The van der Waals surface area contributed by atoms with Crippen molar-refractivity contribution in [3.8, 4) is 0 Å². The van der Waals surface area contributed by atoms with Crippen LogP contribution in [0, 0.1) is 5.82 Å². The Bertz CT molecular complexity index is 680. The number of Topliss-reactive ketones (excluding diaryl/α,β-unsaturated/α-hetero) is 1. The van der Waals surface area contributed by atoms with E-state index < -0.39 is 5.97 Å². The first-order valence-electron chi connectivity index (χ1n) is 7.15. The fraction of sp³-hybridized carbons (Fsp3) is 0.222. The lowest BCUT2D eigenvalue weighted by molar-refractivity contribution is 0.0526. The molecule has 0 spiro atoms. The van der Waals surface area contributed by atoms with Gasteiger partial charge in [-0.05, 0) is 43.2 Å². The largest absolute Gasteiger partial charge is 0.462 e. The molecule has 22 heavy (non-hydrogen) atoms. The van der Waals surface area contributed by atoms with E-state index in [1.54, 1.807) is 37.3 Å². The van der Waals surface area contributed by atoms with Crippen molar-refractivity contribution in [1.82, 2.24) is 0 Å². The number of hydrogen-bond donors (Lipinski definition) is 0. The van der Waals surface area contributed by atoms with Gasteiger partial charge in [-0.25, -0.2) is 9.18 Å². The van der Waals surface area contributed by atoms with Crippen molar-refractivity contribution < 1.29 is 18.7 Å². The summed E-state index contributed by atoms with van der Waals surface area (Å²) in [4.78, 5) is 23.9. The second-order valence-corrected chi connectivity index (χ2v) is 4.85. The smallest absolute Gasteiger partial charge is 0.338 e. The SMILES string of the molecule is CCOC(=O)c1cccc(C(=O)CCc2cccc(F)c2)c1. The van der Waals surface area contributed by atoms with Gasteiger partial charge in [-0.2, -0.15) is 0 Å². The minimum atomic E-state index is -0.442. The highest BCUT2D eigenvalue weighted by atomic mass is 19.1. The van der Waals surface area contributed by atoms with Crippen LogP contribution < -0.4 is 0 Å². The number of aryl methyl sites for hydroxylation is 1. The molecule has 3 nitrogen and oxygen atoms in total. The highest BCUT2D eigenvalue weighted by Gasteiger charge is 2.11. The second-order valence-electron chi connectivity index (χ2n) is 4.85. The molecule has 114 valence electrons. The van der Waals surface area contributed by atoms with Gasteiger partial charge in [0.2, 0.25) is 0 Å². The van der Waals surface area contributed by atoms with Crippen LogP contribution in [0.3, 0.4) is 0 Å². The molecular weight excluding hydrogens is 283 g/mol. The highest BCUT2D eigenvalue weighted by molar-refractivity contribution is 5.99. The minimum absolute atomic E-state index is 0.0876. The van der Waals surface area contributed by atoms with Crippen molar-refractivity contribution in [1.29, 1.82) is 0 Å². The van der Waals surface area contributed by atoms with Crippen molar-refractivity contribution in [2.75, 3.05) is 6.61 Å². The third-order valence-electron chi connectivity index (χ3n) is 3.23. The van der Waals surface area contributed by atoms with Gasteiger partial charge in [0.25, 0.3) is 0 Å². The van der Waals surface area contributed by atoms with Crippen LogP contribution in [0.1, 0.15) is 39.6 Å². The number of esters is 1. The summed E-state index contributed by atoms with van der Waals surface area (Å²) in [5.41, 5.74) is 1.59. The van der Waals surface area contributed by atoms with Crippen LogP contribution in [-0.2, 0) is 11.2 Å². The summed E-state index contributed by atoms with van der Waals surface area (Å²) in [7, 11) is 0. The predicted molar refractivity (Wildman–Crippen MR) is 81.5 cm³/mol. The predicted octanol–water partition coefficient (Wildman–Crippen LogP) is 3.82. The van der Waals surface area contributed by atoms with E-state index in [1.165, 1.54) is 18.2 Å². The zero-order valence-electron chi connectivity index (χ0n) is 12.3. The van der Waals surface area contributed by atoms with Gasteiger partial charge in [0.15, 0.2) is 5.78 Å². The van der Waals surface area contributed by atoms with E-state index in [-0.39, 0.29) is 24.6 Å². The molecule has 2 aromatic carbocycles. The number of ether oxygens (including phenoxy) is 1. The van der Waals surface area contributed by atoms with E-state index in [2.05, 4.69) is 0 Å². The Hall–Kier alpha value is -2.49. The summed E-state index contributed by atoms with van der Waals surface area (Å²) in [5, 5.41) is 0. The average Bonchev–Trinajstić information content (AvgIpc) is 2.53. The monoisotopic (exact) mass is 300 g/mol. The standard InChI is InChI=1S/C18H17FO3/c1-2-22-18(21)15-7-4-6-14(12-15)17(20)10-9-13-5-3-8-16(19)11-13/h3-8,11-12H,2,9-10H2,1H3.